The molecule has 0 bridgehead atoms. The first kappa shape index (κ1) is 21.5. The van der Waals surface area contributed by atoms with E-state index in [9.17, 15) is 0 Å². The summed E-state index contributed by atoms with van der Waals surface area (Å²) in [5, 5.41) is 11.0. The van der Waals surface area contributed by atoms with E-state index in [0.29, 0.717) is 6.04 Å². The minimum atomic E-state index is 0. The van der Waals surface area contributed by atoms with Gasteiger partial charge < -0.3 is 20.1 Å². The number of nitrogens with one attached hydrogen (secondary N) is 2. The second-order valence-electron chi connectivity index (χ2n) is 6.79. The lowest BCUT2D eigenvalue weighted by Crippen LogP contribution is -2.49. The molecule has 2 heterocycles. The molecule has 0 radical (unpaired) electrons. The van der Waals surface area contributed by atoms with Crippen LogP contribution in [-0.4, -0.2) is 43.8 Å². The van der Waals surface area contributed by atoms with Crippen LogP contribution in [0.5, 0.6) is 0 Å². The van der Waals surface area contributed by atoms with Crippen LogP contribution in [0.15, 0.2) is 39.8 Å². The normalized spacial score (nSPS) is 15.4. The number of aliphatic imine (C=N–C) groups is 1. The fraction of sp³-hybridized carbons (Fsp3) is 0.500. The van der Waals surface area contributed by atoms with Crippen LogP contribution in [0.3, 0.4) is 0 Å². The zero-order chi connectivity index (χ0) is 18.4. The van der Waals surface area contributed by atoms with Gasteiger partial charge in [-0.2, -0.15) is 0 Å². The van der Waals surface area contributed by atoms with E-state index in [1.807, 2.05) is 20.9 Å². The molecule has 0 atom stereocenters. The van der Waals surface area contributed by atoms with Crippen LogP contribution in [0.2, 0.25) is 0 Å². The molecule has 1 aliphatic rings. The summed E-state index contributed by atoms with van der Waals surface area (Å²) >= 11 is 0. The van der Waals surface area contributed by atoms with Crippen LogP contribution in [0.1, 0.15) is 29.9 Å². The van der Waals surface area contributed by atoms with Gasteiger partial charge in [-0.25, -0.2) is 0 Å². The van der Waals surface area contributed by atoms with Gasteiger partial charge in [0.25, 0.3) is 0 Å². The summed E-state index contributed by atoms with van der Waals surface area (Å²) in [5.41, 5.74) is 3.47. The fourth-order valence-corrected chi connectivity index (χ4v) is 3.47. The summed E-state index contributed by atoms with van der Waals surface area (Å²) in [7, 11) is 1.82. The van der Waals surface area contributed by atoms with Crippen molar-refractivity contribution in [3.63, 3.8) is 0 Å². The van der Waals surface area contributed by atoms with Crippen molar-refractivity contribution in [3.05, 3.63) is 47.3 Å². The quantitative estimate of drug-likeness (QED) is 0.388. The van der Waals surface area contributed by atoms with E-state index in [4.69, 9.17) is 4.52 Å². The standard InChI is InChI=1S/C20H29N5O.HI/c1-15-19(16(2)26-24-15)9-12-22-20(21-3)23-17-10-13-25(14-11-17)18-7-5-4-6-8-18;/h4-8,17H,9-14H2,1-3H3,(H2,21,22,23);1H. The molecule has 1 fully saturated rings. The van der Waals surface area contributed by atoms with E-state index in [0.717, 1.165) is 56.3 Å². The van der Waals surface area contributed by atoms with Crippen molar-refractivity contribution in [2.75, 3.05) is 31.6 Å². The molecule has 6 nitrogen and oxygen atoms in total. The van der Waals surface area contributed by atoms with Crippen molar-refractivity contribution < 1.29 is 4.52 Å². The molecule has 0 saturated carbocycles. The molecular formula is C20H30IN5O. The molecule has 1 aromatic heterocycles. The van der Waals surface area contributed by atoms with E-state index >= 15 is 0 Å². The number of benzene rings is 1. The Labute approximate surface area is 178 Å². The molecule has 2 aromatic rings. The van der Waals surface area contributed by atoms with Crippen molar-refractivity contribution in [1.82, 2.24) is 15.8 Å². The first-order valence-corrected chi connectivity index (χ1v) is 9.36. The first-order chi connectivity index (χ1) is 12.7. The van der Waals surface area contributed by atoms with Crippen molar-refractivity contribution in [3.8, 4) is 0 Å². The largest absolute Gasteiger partial charge is 0.371 e. The molecule has 1 saturated heterocycles. The highest BCUT2D eigenvalue weighted by molar-refractivity contribution is 14.0. The summed E-state index contributed by atoms with van der Waals surface area (Å²) in [5.74, 6) is 1.77. The van der Waals surface area contributed by atoms with Gasteiger partial charge in [0.05, 0.1) is 5.69 Å². The minimum Gasteiger partial charge on any atom is -0.371 e. The van der Waals surface area contributed by atoms with Crippen LogP contribution < -0.4 is 15.5 Å². The van der Waals surface area contributed by atoms with Gasteiger partial charge in [-0.3, -0.25) is 4.99 Å². The fourth-order valence-electron chi connectivity index (χ4n) is 3.47. The summed E-state index contributed by atoms with van der Waals surface area (Å²) in [4.78, 5) is 6.82. The lowest BCUT2D eigenvalue weighted by atomic mass is 10.0. The molecule has 0 aliphatic carbocycles. The summed E-state index contributed by atoms with van der Waals surface area (Å²) in [6, 6.07) is 11.1. The number of guanidine groups is 1. The molecule has 0 spiro atoms. The van der Waals surface area contributed by atoms with Gasteiger partial charge in [0.15, 0.2) is 5.96 Å². The van der Waals surface area contributed by atoms with Crippen LogP contribution in [0.4, 0.5) is 5.69 Å². The van der Waals surface area contributed by atoms with Gasteiger partial charge in [0.2, 0.25) is 0 Å². The highest BCUT2D eigenvalue weighted by atomic mass is 127. The second-order valence-corrected chi connectivity index (χ2v) is 6.79. The maximum Gasteiger partial charge on any atom is 0.191 e. The van der Waals surface area contributed by atoms with Crippen LogP contribution in [0, 0.1) is 13.8 Å². The summed E-state index contributed by atoms with van der Waals surface area (Å²) in [6.45, 7) is 6.89. The van der Waals surface area contributed by atoms with Gasteiger partial charge in [-0.15, -0.1) is 24.0 Å². The predicted molar refractivity (Wildman–Crippen MR) is 121 cm³/mol. The molecule has 2 N–H and O–H groups in total. The van der Waals surface area contributed by atoms with E-state index in [2.05, 4.69) is 56.0 Å². The molecular weight excluding hydrogens is 453 g/mol. The minimum absolute atomic E-state index is 0. The maximum atomic E-state index is 5.22. The molecule has 3 rings (SSSR count). The Morgan fingerprint density at radius 3 is 2.52 bits per heavy atom. The lowest BCUT2D eigenvalue weighted by molar-refractivity contribution is 0.392. The van der Waals surface area contributed by atoms with E-state index < -0.39 is 0 Å². The van der Waals surface area contributed by atoms with Crippen LogP contribution in [0.25, 0.3) is 0 Å². The smallest absolute Gasteiger partial charge is 0.191 e. The third-order valence-electron chi connectivity index (χ3n) is 5.03. The number of para-hydroxylation sites is 1. The number of anilines is 1. The number of piperidine rings is 1. The van der Waals surface area contributed by atoms with Crippen molar-refractivity contribution in [1.29, 1.82) is 0 Å². The molecule has 1 aliphatic heterocycles. The van der Waals surface area contributed by atoms with Crippen molar-refractivity contribution in [2.24, 2.45) is 4.99 Å². The number of nitrogens with zero attached hydrogens (tertiary/aromatic N) is 3. The van der Waals surface area contributed by atoms with Gasteiger partial charge in [-0.05, 0) is 45.2 Å². The number of rotatable bonds is 5. The third kappa shape index (κ3) is 5.85. The Hall–Kier alpha value is -1.77. The monoisotopic (exact) mass is 483 g/mol. The summed E-state index contributed by atoms with van der Waals surface area (Å²) in [6.07, 6.45) is 3.10. The topological polar surface area (TPSA) is 65.7 Å². The highest BCUT2D eigenvalue weighted by Gasteiger charge is 2.20. The number of aryl methyl sites for hydroxylation is 2. The SMILES string of the molecule is CN=C(NCCc1c(C)noc1C)NC1CCN(c2ccccc2)CC1.I. The Morgan fingerprint density at radius 2 is 1.93 bits per heavy atom. The predicted octanol–water partition coefficient (Wildman–Crippen LogP) is 3.29. The molecule has 0 unspecified atom stereocenters. The Kier molecular flexibility index (Phi) is 8.40. The second kappa shape index (κ2) is 10.5. The summed E-state index contributed by atoms with van der Waals surface area (Å²) < 4.78 is 5.22. The van der Waals surface area contributed by atoms with Crippen molar-refractivity contribution >= 4 is 35.6 Å². The molecule has 1 aromatic carbocycles. The lowest BCUT2D eigenvalue weighted by Gasteiger charge is -2.34. The van der Waals surface area contributed by atoms with Gasteiger partial charge in [-0.1, -0.05) is 23.4 Å². The molecule has 7 heteroatoms. The molecule has 0 amide bonds. The third-order valence-corrected chi connectivity index (χ3v) is 5.03. The van der Waals surface area contributed by atoms with E-state index in [1.165, 1.54) is 11.3 Å². The zero-order valence-electron chi connectivity index (χ0n) is 16.4. The Bertz CT molecular complexity index is 704. The van der Waals surface area contributed by atoms with Crippen molar-refractivity contribution in [2.45, 2.75) is 39.2 Å². The Morgan fingerprint density at radius 1 is 1.22 bits per heavy atom. The molecule has 27 heavy (non-hydrogen) atoms. The van der Waals surface area contributed by atoms with Gasteiger partial charge >= 0.3 is 0 Å². The Balaban J connectivity index is 0.00000261. The molecule has 148 valence electrons. The number of aromatic nitrogens is 1. The average Bonchev–Trinajstić information content (AvgIpc) is 3.00. The van der Waals surface area contributed by atoms with E-state index in [-0.39, 0.29) is 24.0 Å². The first-order valence-electron chi connectivity index (χ1n) is 9.36. The van der Waals surface area contributed by atoms with Crippen LogP contribution in [-0.2, 0) is 6.42 Å². The zero-order valence-corrected chi connectivity index (χ0v) is 18.7. The average molecular weight is 483 g/mol. The van der Waals surface area contributed by atoms with Crippen LogP contribution >= 0.6 is 24.0 Å². The number of halogens is 1. The number of hydrogen-bond donors (Lipinski definition) is 2. The van der Waals surface area contributed by atoms with E-state index in [1.54, 1.807) is 0 Å². The maximum absolute atomic E-state index is 5.22. The number of hydrogen-bond acceptors (Lipinski definition) is 4. The van der Waals surface area contributed by atoms with Gasteiger partial charge in [0, 0.05) is 44.0 Å². The van der Waals surface area contributed by atoms with Gasteiger partial charge in [0.1, 0.15) is 5.76 Å². The highest BCUT2D eigenvalue weighted by Crippen LogP contribution is 2.19.